The van der Waals surface area contributed by atoms with Crippen molar-refractivity contribution in [2.75, 3.05) is 0 Å². The molecule has 0 bridgehead atoms. The van der Waals surface area contributed by atoms with Gasteiger partial charge in [0.05, 0.1) is 4.88 Å². The highest BCUT2D eigenvalue weighted by molar-refractivity contribution is 7.14. The SMILES string of the molecule is O=C(NNC(=O)c1cccc[n+]1[O-])c1cc2c(s1)CCCCCC2. The number of carbonyl (C=O) groups excluding carboxylic acids is 2. The van der Waals surface area contributed by atoms with Crippen LogP contribution < -0.4 is 15.6 Å². The van der Waals surface area contributed by atoms with Gasteiger partial charge in [-0.05, 0) is 43.4 Å². The van der Waals surface area contributed by atoms with Gasteiger partial charge in [0.1, 0.15) is 0 Å². The van der Waals surface area contributed by atoms with Crippen LogP contribution in [0.4, 0.5) is 0 Å². The van der Waals surface area contributed by atoms with Crippen LogP contribution in [0.2, 0.25) is 0 Å². The predicted octanol–water partition coefficient (Wildman–Crippen LogP) is 2.12. The summed E-state index contributed by atoms with van der Waals surface area (Å²) in [5.74, 6) is -0.998. The first kappa shape index (κ1) is 16.4. The van der Waals surface area contributed by atoms with Crippen LogP contribution in [0.3, 0.4) is 0 Å². The fraction of sp³-hybridized carbons (Fsp3) is 0.353. The molecule has 0 saturated heterocycles. The summed E-state index contributed by atoms with van der Waals surface area (Å²) < 4.78 is 0.457. The first-order valence-corrected chi connectivity index (χ1v) is 8.87. The van der Waals surface area contributed by atoms with E-state index in [1.165, 1.54) is 52.9 Å². The summed E-state index contributed by atoms with van der Waals surface area (Å²) in [6.45, 7) is 0. The van der Waals surface area contributed by atoms with Gasteiger partial charge in [-0.15, -0.1) is 11.3 Å². The van der Waals surface area contributed by atoms with Crippen LogP contribution in [-0.2, 0) is 12.8 Å². The Morgan fingerprint density at radius 1 is 1.04 bits per heavy atom. The number of hydrogen-bond acceptors (Lipinski definition) is 4. The van der Waals surface area contributed by atoms with Crippen molar-refractivity contribution in [3.05, 3.63) is 56.7 Å². The molecule has 0 spiro atoms. The molecule has 126 valence electrons. The van der Waals surface area contributed by atoms with E-state index in [0.29, 0.717) is 9.61 Å². The van der Waals surface area contributed by atoms with E-state index >= 15 is 0 Å². The van der Waals surface area contributed by atoms with E-state index in [1.54, 1.807) is 6.07 Å². The maximum atomic E-state index is 12.3. The zero-order valence-corrected chi connectivity index (χ0v) is 14.0. The zero-order chi connectivity index (χ0) is 16.9. The van der Waals surface area contributed by atoms with Gasteiger partial charge >= 0.3 is 5.91 Å². The van der Waals surface area contributed by atoms with Crippen molar-refractivity contribution in [3.8, 4) is 0 Å². The molecule has 0 radical (unpaired) electrons. The Morgan fingerprint density at radius 3 is 2.58 bits per heavy atom. The number of amides is 2. The van der Waals surface area contributed by atoms with Crippen molar-refractivity contribution in [1.82, 2.24) is 10.9 Å². The topological polar surface area (TPSA) is 85.1 Å². The van der Waals surface area contributed by atoms with E-state index in [0.717, 1.165) is 25.7 Å². The smallest absolute Gasteiger partial charge is 0.335 e. The van der Waals surface area contributed by atoms with E-state index in [-0.39, 0.29) is 11.6 Å². The fourth-order valence-corrected chi connectivity index (χ4v) is 3.95. The molecule has 1 aliphatic rings. The van der Waals surface area contributed by atoms with E-state index < -0.39 is 5.91 Å². The Balaban J connectivity index is 1.64. The number of pyridine rings is 1. The molecule has 2 N–H and O–H groups in total. The number of carbonyl (C=O) groups is 2. The van der Waals surface area contributed by atoms with Crippen molar-refractivity contribution in [2.45, 2.75) is 38.5 Å². The predicted molar refractivity (Wildman–Crippen MR) is 90.5 cm³/mol. The Morgan fingerprint density at radius 2 is 1.79 bits per heavy atom. The second kappa shape index (κ2) is 7.44. The highest BCUT2D eigenvalue weighted by atomic mass is 32.1. The second-order valence-electron chi connectivity index (χ2n) is 5.79. The van der Waals surface area contributed by atoms with Crippen LogP contribution in [0.25, 0.3) is 0 Å². The average Bonchev–Trinajstić information content (AvgIpc) is 2.95. The molecule has 0 aliphatic heterocycles. The van der Waals surface area contributed by atoms with Gasteiger partial charge in [-0.2, -0.15) is 4.73 Å². The molecule has 0 fully saturated rings. The minimum absolute atomic E-state index is 0.0729. The summed E-state index contributed by atoms with van der Waals surface area (Å²) in [6.07, 6.45) is 8.03. The van der Waals surface area contributed by atoms with Crippen molar-refractivity contribution < 1.29 is 14.3 Å². The molecule has 2 amide bonds. The third-order valence-electron chi connectivity index (χ3n) is 4.07. The maximum Gasteiger partial charge on any atom is 0.335 e. The van der Waals surface area contributed by atoms with Crippen LogP contribution in [0.15, 0.2) is 30.5 Å². The van der Waals surface area contributed by atoms with Crippen LogP contribution in [-0.4, -0.2) is 11.8 Å². The van der Waals surface area contributed by atoms with Crippen LogP contribution in [0.1, 0.15) is 56.3 Å². The number of aryl methyl sites for hydroxylation is 2. The maximum absolute atomic E-state index is 12.3. The van der Waals surface area contributed by atoms with Gasteiger partial charge < -0.3 is 5.21 Å². The van der Waals surface area contributed by atoms with Crippen LogP contribution in [0.5, 0.6) is 0 Å². The minimum atomic E-state index is -0.645. The summed E-state index contributed by atoms with van der Waals surface area (Å²) in [7, 11) is 0. The molecular formula is C17H19N3O3S. The Bertz CT molecular complexity index is 732. The van der Waals surface area contributed by atoms with Crippen molar-refractivity contribution >= 4 is 23.2 Å². The monoisotopic (exact) mass is 345 g/mol. The minimum Gasteiger partial charge on any atom is -0.618 e. The van der Waals surface area contributed by atoms with Gasteiger partial charge in [0.2, 0.25) is 0 Å². The molecular weight excluding hydrogens is 326 g/mol. The number of hydrazine groups is 1. The number of rotatable bonds is 2. The lowest BCUT2D eigenvalue weighted by molar-refractivity contribution is -0.607. The van der Waals surface area contributed by atoms with Crippen molar-refractivity contribution in [2.24, 2.45) is 0 Å². The van der Waals surface area contributed by atoms with E-state index in [1.807, 2.05) is 6.07 Å². The quantitative estimate of drug-likeness (QED) is 0.497. The Labute approximate surface area is 144 Å². The molecule has 2 aromatic heterocycles. The van der Waals surface area contributed by atoms with E-state index in [2.05, 4.69) is 10.9 Å². The molecule has 2 heterocycles. The van der Waals surface area contributed by atoms with Gasteiger partial charge in [-0.1, -0.05) is 12.8 Å². The molecule has 0 aromatic carbocycles. The summed E-state index contributed by atoms with van der Waals surface area (Å²) in [5.41, 5.74) is 5.85. The van der Waals surface area contributed by atoms with E-state index in [9.17, 15) is 14.8 Å². The first-order chi connectivity index (χ1) is 11.6. The number of nitrogens with one attached hydrogen (secondary N) is 2. The average molecular weight is 345 g/mol. The number of nitrogens with zero attached hydrogens (tertiary/aromatic N) is 1. The molecule has 0 saturated carbocycles. The van der Waals surface area contributed by atoms with Crippen LogP contribution >= 0.6 is 11.3 Å². The Kier molecular flexibility index (Phi) is 5.10. The largest absolute Gasteiger partial charge is 0.618 e. The van der Waals surface area contributed by atoms with E-state index in [4.69, 9.17) is 0 Å². The van der Waals surface area contributed by atoms with Gasteiger partial charge in [-0.3, -0.25) is 20.4 Å². The van der Waals surface area contributed by atoms with Gasteiger partial charge in [0.15, 0.2) is 6.20 Å². The summed E-state index contributed by atoms with van der Waals surface area (Å²) >= 11 is 1.49. The molecule has 24 heavy (non-hydrogen) atoms. The third-order valence-corrected chi connectivity index (χ3v) is 5.30. The zero-order valence-electron chi connectivity index (χ0n) is 13.2. The Hall–Kier alpha value is -2.41. The normalized spacial score (nSPS) is 14.2. The van der Waals surface area contributed by atoms with Crippen molar-refractivity contribution in [3.63, 3.8) is 0 Å². The van der Waals surface area contributed by atoms with Gasteiger partial charge in [0, 0.05) is 17.0 Å². The lowest BCUT2D eigenvalue weighted by Gasteiger charge is -2.07. The highest BCUT2D eigenvalue weighted by Gasteiger charge is 2.19. The molecule has 6 nitrogen and oxygen atoms in total. The molecule has 0 atom stereocenters. The fourth-order valence-electron chi connectivity index (χ4n) is 2.80. The van der Waals surface area contributed by atoms with Gasteiger partial charge in [0.25, 0.3) is 11.6 Å². The molecule has 2 aromatic rings. The summed E-state index contributed by atoms with van der Waals surface area (Å²) in [5, 5.41) is 11.5. The lowest BCUT2D eigenvalue weighted by Crippen LogP contribution is -2.46. The number of thiophene rings is 1. The van der Waals surface area contributed by atoms with Gasteiger partial charge in [-0.25, -0.2) is 0 Å². The van der Waals surface area contributed by atoms with Crippen molar-refractivity contribution in [1.29, 1.82) is 0 Å². The molecule has 7 heteroatoms. The number of hydrogen-bond donors (Lipinski definition) is 2. The number of fused-ring (bicyclic) bond motifs is 1. The van der Waals surface area contributed by atoms with Crippen LogP contribution in [0, 0.1) is 5.21 Å². The highest BCUT2D eigenvalue weighted by Crippen LogP contribution is 2.28. The lowest BCUT2D eigenvalue weighted by atomic mass is 10.00. The first-order valence-electron chi connectivity index (χ1n) is 8.05. The standard InChI is InChI=1S/C17H19N3O3S/c21-16(13-8-5-6-10-20(13)23)18-19-17(22)15-11-12-7-3-1-2-4-9-14(12)24-15/h5-6,8,10-11H,1-4,7,9H2,(H,18,21)(H,19,22). The third kappa shape index (κ3) is 3.73. The molecule has 0 unspecified atom stereocenters. The second-order valence-corrected chi connectivity index (χ2v) is 6.93. The summed E-state index contributed by atoms with van der Waals surface area (Å²) in [4.78, 5) is 26.1. The molecule has 1 aliphatic carbocycles. The number of aromatic nitrogens is 1. The molecule has 3 rings (SSSR count). The summed E-state index contributed by atoms with van der Waals surface area (Å²) in [6, 6.07) is 6.43.